The second-order valence-electron chi connectivity index (χ2n) is 1.95. The second-order valence-corrected chi connectivity index (χ2v) is 13.3. The summed E-state index contributed by atoms with van der Waals surface area (Å²) in [5.74, 6) is 0. The van der Waals surface area contributed by atoms with Crippen LogP contribution in [0, 0.1) is 0 Å². The van der Waals surface area contributed by atoms with Crippen molar-refractivity contribution in [2.75, 3.05) is 0 Å². The van der Waals surface area contributed by atoms with Crippen LogP contribution in [0.3, 0.4) is 0 Å². The molecule has 0 radical (unpaired) electrons. The van der Waals surface area contributed by atoms with Crippen LogP contribution in [0.4, 0.5) is 0 Å². The maximum Gasteiger partial charge on any atom is 2.00 e. The van der Waals surface area contributed by atoms with Crippen LogP contribution in [0.2, 0.25) is 0 Å². The third-order valence-corrected chi connectivity index (χ3v) is 9.25. The van der Waals surface area contributed by atoms with Crippen LogP contribution in [0.25, 0.3) is 0 Å². The molecule has 0 fully saturated rings. The molecule has 0 aliphatic carbocycles. The Kier molecular flexibility index (Phi) is 12.9. The first kappa shape index (κ1) is 26.1. The van der Waals surface area contributed by atoms with Crippen molar-refractivity contribution in [1.29, 1.82) is 0 Å². The molecule has 0 aromatic rings. The quantitative estimate of drug-likeness (QED) is 0.158. The first-order valence-corrected chi connectivity index (χ1v) is 15.5. The van der Waals surface area contributed by atoms with Crippen molar-refractivity contribution in [2.24, 2.45) is 0 Å². The Morgan fingerprint density at radius 2 is 0.895 bits per heavy atom. The zero-order valence-electron chi connectivity index (χ0n) is 8.29. The number of hydrogen-bond donors (Lipinski definition) is 4. The van der Waals surface area contributed by atoms with Crippen LogP contribution in [-0.2, 0) is 62.6 Å². The molecule has 14 nitrogen and oxygen atoms in total. The molecule has 19 heteroatoms. The Bertz CT molecular complexity index is 488. The topological polar surface area (TPSA) is 248 Å². The molecular weight excluding hydrogens is 741 g/mol. The largest absolute Gasteiger partial charge is 2.00 e. The Hall–Kier alpha value is 2.20. The van der Waals surface area contributed by atoms with Crippen LogP contribution in [0.1, 0.15) is 0 Å². The van der Waals surface area contributed by atoms with E-state index in [4.69, 9.17) is 19.6 Å². The summed E-state index contributed by atoms with van der Waals surface area (Å²) in [4.78, 5) is 30.8. The van der Waals surface area contributed by atoms with Crippen LogP contribution in [-0.4, -0.2) is 65.1 Å². The SMILES string of the molecule is O=P(O)(O)[O][W](=[O])(=[O])[O-].O=P(O)(O)[O][W](=[O])(=[O])[O-].[Sr+2]. The molecule has 0 atom stereocenters. The van der Waals surface area contributed by atoms with Crippen molar-refractivity contribution in [3.8, 4) is 0 Å². The van der Waals surface area contributed by atoms with E-state index in [-0.39, 0.29) is 45.5 Å². The van der Waals surface area contributed by atoms with E-state index in [1.807, 2.05) is 0 Å². The van der Waals surface area contributed by atoms with Gasteiger partial charge in [-0.3, -0.25) is 0 Å². The van der Waals surface area contributed by atoms with E-state index in [9.17, 15) is 30.2 Å². The molecule has 0 saturated heterocycles. The van der Waals surface area contributed by atoms with Crippen molar-refractivity contribution in [1.82, 2.24) is 0 Å². The van der Waals surface area contributed by atoms with Gasteiger partial charge >= 0.3 is 151 Å². The Balaban J connectivity index is -0.000000256. The monoisotopic (exact) mass is 746 g/mol. The van der Waals surface area contributed by atoms with Gasteiger partial charge in [0.1, 0.15) is 0 Å². The number of rotatable bonds is 4. The molecule has 0 aromatic carbocycles. The molecule has 0 aromatic heterocycles. The maximum atomic E-state index is 9.57. The standard InChI is InChI=1S/2H3O4P.6O.Sr.2W/c2*1-5(2,3)4;;;;;;;;;/h2*(H3,1,2,3,4);;;;;;;;;/q;;;;;;2*-1;+2;2*+1/p-2. The summed E-state index contributed by atoms with van der Waals surface area (Å²) >= 11 is -12.9. The minimum absolute atomic E-state index is 0. The fourth-order valence-electron chi connectivity index (χ4n) is 0.238. The van der Waals surface area contributed by atoms with Gasteiger partial charge in [-0.2, -0.15) is 0 Å². The molecule has 0 saturated carbocycles. The van der Waals surface area contributed by atoms with Crippen LogP contribution >= 0.6 is 15.6 Å². The average molecular weight is 745 g/mol. The fourth-order valence-corrected chi connectivity index (χ4v) is 5.84. The molecule has 0 unspecified atom stereocenters. The first-order chi connectivity index (χ1) is 7.41. The normalized spacial score (nSPS) is 12.9. The van der Waals surface area contributed by atoms with Crippen LogP contribution in [0.5, 0.6) is 0 Å². The third-order valence-electron chi connectivity index (χ3n) is 0.377. The van der Waals surface area contributed by atoms with Crippen molar-refractivity contribution >= 4 is 61.1 Å². The summed E-state index contributed by atoms with van der Waals surface area (Å²) in [6.45, 7) is 0. The van der Waals surface area contributed by atoms with E-state index in [1.165, 1.54) is 0 Å². The smallest absolute Gasteiger partial charge is 2.00 e. The molecule has 0 bridgehead atoms. The van der Waals surface area contributed by atoms with E-state index in [0.717, 1.165) is 0 Å². The van der Waals surface area contributed by atoms with Gasteiger partial charge in [0.2, 0.25) is 0 Å². The minimum atomic E-state index is -6.44. The van der Waals surface area contributed by atoms with Crippen molar-refractivity contribution in [2.45, 2.75) is 0 Å². The van der Waals surface area contributed by atoms with Crippen LogP contribution < -0.4 is 7.52 Å². The molecule has 0 amide bonds. The fraction of sp³-hybridized carbons (Fsp3) is 0. The summed E-state index contributed by atoms with van der Waals surface area (Å²) in [7, 11) is -10.3. The molecule has 0 rings (SSSR count). The van der Waals surface area contributed by atoms with Gasteiger partial charge in [0, 0.05) is 0 Å². The molecule has 0 heterocycles. The summed E-state index contributed by atoms with van der Waals surface area (Å²) in [5.41, 5.74) is 0. The van der Waals surface area contributed by atoms with Gasteiger partial charge in [-0.05, 0) is 0 Å². The summed E-state index contributed by atoms with van der Waals surface area (Å²) in [6.07, 6.45) is 0. The Labute approximate surface area is 148 Å². The van der Waals surface area contributed by atoms with Crippen molar-refractivity contribution in [3.05, 3.63) is 0 Å². The number of phosphoric acid groups is 2. The van der Waals surface area contributed by atoms with Gasteiger partial charge in [0.15, 0.2) is 0 Å². The minimum Gasteiger partial charge on any atom is 2.00 e. The van der Waals surface area contributed by atoms with Gasteiger partial charge < -0.3 is 0 Å². The van der Waals surface area contributed by atoms with Gasteiger partial charge in [-0.1, -0.05) is 0 Å². The average Bonchev–Trinajstić information content (AvgIpc) is 1.64. The molecular formula is H4O14P2SrW2. The molecule has 4 N–H and O–H groups in total. The van der Waals surface area contributed by atoms with E-state index in [2.05, 4.69) is 6.35 Å². The van der Waals surface area contributed by atoms with Gasteiger partial charge in [-0.15, -0.1) is 0 Å². The van der Waals surface area contributed by atoms with Gasteiger partial charge in [-0.25, -0.2) is 0 Å². The summed E-state index contributed by atoms with van der Waals surface area (Å²) in [5, 5.41) is 0. The van der Waals surface area contributed by atoms with Gasteiger partial charge in [0.05, 0.1) is 0 Å². The third kappa shape index (κ3) is 33.2. The Morgan fingerprint density at radius 3 is 0.895 bits per heavy atom. The second kappa shape index (κ2) is 9.36. The zero-order valence-corrected chi connectivity index (χ0v) is 19.4. The number of hydrogen-bond acceptors (Lipinski definition) is 10. The van der Waals surface area contributed by atoms with Crippen molar-refractivity contribution < 1.29 is 89.7 Å². The maximum absolute atomic E-state index is 9.57. The van der Waals surface area contributed by atoms with E-state index >= 15 is 0 Å². The molecule has 19 heavy (non-hydrogen) atoms. The van der Waals surface area contributed by atoms with E-state index in [0.29, 0.717) is 0 Å². The predicted molar refractivity (Wildman–Crippen MR) is 34.8 cm³/mol. The predicted octanol–water partition coefficient (Wildman–Crippen LogP) is -4.12. The molecule has 112 valence electrons. The summed E-state index contributed by atoms with van der Waals surface area (Å²) in [6, 6.07) is 0. The van der Waals surface area contributed by atoms with Gasteiger partial charge in [0.25, 0.3) is 0 Å². The van der Waals surface area contributed by atoms with Crippen molar-refractivity contribution in [3.63, 3.8) is 0 Å². The molecule has 0 aliphatic rings. The van der Waals surface area contributed by atoms with E-state index in [1.54, 1.807) is 0 Å². The Morgan fingerprint density at radius 1 is 0.737 bits per heavy atom. The molecule has 0 aliphatic heterocycles. The van der Waals surface area contributed by atoms with Crippen LogP contribution in [0.15, 0.2) is 0 Å². The first-order valence-electron chi connectivity index (χ1n) is 2.86. The zero-order chi connectivity index (χ0) is 15.4. The summed E-state index contributed by atoms with van der Waals surface area (Å²) < 4.78 is 81.8. The van der Waals surface area contributed by atoms with E-state index < -0.39 is 49.1 Å². The molecule has 0 spiro atoms.